The number of aliphatic hydroxyl groups is 1. The highest BCUT2D eigenvalue weighted by molar-refractivity contribution is 5.52. The third-order valence-electron chi connectivity index (χ3n) is 1.63. The molecule has 0 radical (unpaired) electrons. The van der Waals surface area contributed by atoms with E-state index < -0.39 is 6.10 Å². The first-order valence-corrected chi connectivity index (χ1v) is 3.97. The van der Waals surface area contributed by atoms with E-state index in [1.807, 2.05) is 19.1 Å². The highest BCUT2D eigenvalue weighted by Gasteiger charge is 1.92. The van der Waals surface area contributed by atoms with Crippen LogP contribution in [0.25, 0.3) is 6.08 Å². The van der Waals surface area contributed by atoms with Crippen LogP contribution < -0.4 is 0 Å². The molecule has 0 saturated heterocycles. The smallest absolute Gasteiger partial charge is 0.0696 e. The predicted octanol–water partition coefficient (Wildman–Crippen LogP) is 1.78. The number of aliphatic hydroxyl groups excluding tert-OH is 1. The topological polar surface area (TPSA) is 33.1 Å². The molecule has 2 heteroatoms. The van der Waals surface area contributed by atoms with E-state index in [1.165, 1.54) is 5.56 Å². The van der Waals surface area contributed by atoms with Crippen LogP contribution in [0.1, 0.15) is 18.1 Å². The number of pyridine rings is 1. The molecule has 0 spiro atoms. The van der Waals surface area contributed by atoms with E-state index in [0.717, 1.165) is 5.56 Å². The maximum atomic E-state index is 9.00. The van der Waals surface area contributed by atoms with Crippen LogP contribution in [-0.4, -0.2) is 16.2 Å². The Bertz CT molecular complexity index is 279. The van der Waals surface area contributed by atoms with Gasteiger partial charge in [-0.15, -0.1) is 0 Å². The summed E-state index contributed by atoms with van der Waals surface area (Å²) in [5.41, 5.74) is 2.22. The summed E-state index contributed by atoms with van der Waals surface area (Å²) in [6.07, 6.45) is 6.77. The lowest BCUT2D eigenvalue weighted by molar-refractivity contribution is 0.245. The van der Waals surface area contributed by atoms with Gasteiger partial charge in [0.25, 0.3) is 0 Å². The molecule has 1 aromatic heterocycles. The summed E-state index contributed by atoms with van der Waals surface area (Å²) in [5.74, 6) is 0. The van der Waals surface area contributed by atoms with E-state index in [-0.39, 0.29) is 0 Å². The fraction of sp³-hybridized carbons (Fsp3) is 0.300. The molecule has 1 aromatic rings. The average Bonchev–Trinajstić information content (AvgIpc) is 2.03. The van der Waals surface area contributed by atoms with E-state index >= 15 is 0 Å². The van der Waals surface area contributed by atoms with Crippen molar-refractivity contribution >= 4 is 6.08 Å². The summed E-state index contributed by atoms with van der Waals surface area (Å²) in [7, 11) is 0. The minimum absolute atomic E-state index is 0.399. The van der Waals surface area contributed by atoms with Crippen LogP contribution >= 0.6 is 0 Å². The largest absolute Gasteiger partial charge is 0.389 e. The van der Waals surface area contributed by atoms with Crippen molar-refractivity contribution in [1.29, 1.82) is 0 Å². The zero-order valence-electron chi connectivity index (χ0n) is 7.36. The lowest BCUT2D eigenvalue weighted by Crippen LogP contribution is -1.92. The van der Waals surface area contributed by atoms with Crippen LogP contribution in [0.15, 0.2) is 24.5 Å². The minimum atomic E-state index is -0.399. The molecule has 1 N–H and O–H groups in total. The van der Waals surface area contributed by atoms with Crippen molar-refractivity contribution in [1.82, 2.24) is 4.98 Å². The second-order valence-electron chi connectivity index (χ2n) is 2.83. The average molecular weight is 163 g/mol. The van der Waals surface area contributed by atoms with Crippen molar-refractivity contribution in [2.75, 3.05) is 0 Å². The van der Waals surface area contributed by atoms with Gasteiger partial charge >= 0.3 is 0 Å². The lowest BCUT2D eigenvalue weighted by Gasteiger charge is -1.98. The highest BCUT2D eigenvalue weighted by Crippen LogP contribution is 2.07. The Hall–Kier alpha value is -1.15. The zero-order valence-corrected chi connectivity index (χ0v) is 7.36. The number of aryl methyl sites for hydroxylation is 1. The third-order valence-corrected chi connectivity index (χ3v) is 1.63. The summed E-state index contributed by atoms with van der Waals surface area (Å²) >= 11 is 0. The van der Waals surface area contributed by atoms with Crippen LogP contribution in [0.5, 0.6) is 0 Å². The first kappa shape index (κ1) is 8.94. The normalized spacial score (nSPS) is 13.6. The van der Waals surface area contributed by atoms with Gasteiger partial charge in [-0.1, -0.05) is 12.2 Å². The first-order chi connectivity index (χ1) is 5.70. The second kappa shape index (κ2) is 4.02. The van der Waals surface area contributed by atoms with E-state index in [0.29, 0.717) is 0 Å². The van der Waals surface area contributed by atoms with Gasteiger partial charge in [-0.05, 0) is 31.0 Å². The van der Waals surface area contributed by atoms with Gasteiger partial charge in [0, 0.05) is 12.4 Å². The van der Waals surface area contributed by atoms with E-state index in [2.05, 4.69) is 4.98 Å². The standard InChI is InChI=1S/C10H13NO/c1-8-5-6-11-7-10(8)4-3-9(2)12/h3-7,9,12H,1-2H3/b4-3+. The van der Waals surface area contributed by atoms with Crippen molar-refractivity contribution in [2.24, 2.45) is 0 Å². The third kappa shape index (κ3) is 2.47. The zero-order chi connectivity index (χ0) is 8.97. The molecule has 1 heterocycles. The fourth-order valence-electron chi connectivity index (χ4n) is 0.894. The predicted molar refractivity (Wildman–Crippen MR) is 49.7 cm³/mol. The van der Waals surface area contributed by atoms with Crippen molar-refractivity contribution in [2.45, 2.75) is 20.0 Å². The molecule has 0 aliphatic rings. The summed E-state index contributed by atoms with van der Waals surface area (Å²) < 4.78 is 0. The Kier molecular flexibility index (Phi) is 3.00. The number of aromatic nitrogens is 1. The molecule has 0 aromatic carbocycles. The molecule has 0 aliphatic carbocycles. The summed E-state index contributed by atoms with van der Waals surface area (Å²) in [4.78, 5) is 3.99. The van der Waals surface area contributed by atoms with Crippen LogP contribution in [0, 0.1) is 6.92 Å². The van der Waals surface area contributed by atoms with Crippen molar-refractivity contribution in [3.05, 3.63) is 35.7 Å². The maximum absolute atomic E-state index is 9.00. The Balaban J connectivity index is 2.82. The van der Waals surface area contributed by atoms with Gasteiger partial charge in [0.2, 0.25) is 0 Å². The molecule has 1 unspecified atom stereocenters. The molecule has 1 rings (SSSR count). The Morgan fingerprint density at radius 1 is 1.58 bits per heavy atom. The van der Waals surface area contributed by atoms with Crippen LogP contribution in [0.4, 0.5) is 0 Å². The molecule has 64 valence electrons. The van der Waals surface area contributed by atoms with Gasteiger partial charge in [0.15, 0.2) is 0 Å². The quantitative estimate of drug-likeness (QED) is 0.721. The minimum Gasteiger partial charge on any atom is -0.389 e. The van der Waals surface area contributed by atoms with Gasteiger partial charge < -0.3 is 5.11 Å². The van der Waals surface area contributed by atoms with Gasteiger partial charge in [0.05, 0.1) is 6.10 Å². The number of nitrogens with zero attached hydrogens (tertiary/aromatic N) is 1. The molecule has 2 nitrogen and oxygen atoms in total. The molecule has 12 heavy (non-hydrogen) atoms. The molecule has 0 aliphatic heterocycles. The molecule has 0 fully saturated rings. The lowest BCUT2D eigenvalue weighted by atomic mass is 10.1. The fourth-order valence-corrected chi connectivity index (χ4v) is 0.894. The van der Waals surface area contributed by atoms with E-state index in [1.54, 1.807) is 25.4 Å². The first-order valence-electron chi connectivity index (χ1n) is 3.97. The van der Waals surface area contributed by atoms with Crippen LogP contribution in [0.2, 0.25) is 0 Å². The molecule has 0 amide bonds. The Morgan fingerprint density at radius 2 is 2.33 bits per heavy atom. The number of hydrogen-bond donors (Lipinski definition) is 1. The highest BCUT2D eigenvalue weighted by atomic mass is 16.3. The molecule has 0 bridgehead atoms. The Labute approximate surface area is 72.6 Å². The van der Waals surface area contributed by atoms with Gasteiger partial charge in [-0.25, -0.2) is 0 Å². The van der Waals surface area contributed by atoms with Crippen LogP contribution in [0.3, 0.4) is 0 Å². The van der Waals surface area contributed by atoms with Crippen molar-refractivity contribution in [3.63, 3.8) is 0 Å². The second-order valence-corrected chi connectivity index (χ2v) is 2.83. The number of hydrogen-bond acceptors (Lipinski definition) is 2. The maximum Gasteiger partial charge on any atom is 0.0696 e. The van der Waals surface area contributed by atoms with Crippen molar-refractivity contribution < 1.29 is 5.11 Å². The van der Waals surface area contributed by atoms with E-state index in [4.69, 9.17) is 5.11 Å². The summed E-state index contributed by atoms with van der Waals surface area (Å²) in [6, 6.07) is 1.95. The monoisotopic (exact) mass is 163 g/mol. The molecular weight excluding hydrogens is 150 g/mol. The van der Waals surface area contributed by atoms with Gasteiger partial charge in [-0.2, -0.15) is 0 Å². The van der Waals surface area contributed by atoms with Crippen molar-refractivity contribution in [3.8, 4) is 0 Å². The number of rotatable bonds is 2. The Morgan fingerprint density at radius 3 is 2.92 bits per heavy atom. The summed E-state index contributed by atoms with van der Waals surface area (Å²) in [6.45, 7) is 3.74. The SMILES string of the molecule is Cc1ccncc1/C=C/C(C)O. The van der Waals surface area contributed by atoms with Gasteiger partial charge in [0.1, 0.15) is 0 Å². The molecule has 0 saturated carbocycles. The molecular formula is C10H13NO. The van der Waals surface area contributed by atoms with E-state index in [9.17, 15) is 0 Å². The van der Waals surface area contributed by atoms with Gasteiger partial charge in [-0.3, -0.25) is 4.98 Å². The van der Waals surface area contributed by atoms with Crippen LogP contribution in [-0.2, 0) is 0 Å². The molecule has 1 atom stereocenters. The summed E-state index contributed by atoms with van der Waals surface area (Å²) in [5, 5.41) is 9.00.